The summed E-state index contributed by atoms with van der Waals surface area (Å²) in [7, 11) is -3.20. The predicted octanol–water partition coefficient (Wildman–Crippen LogP) is 2.91. The molecule has 40 heavy (non-hydrogen) atoms. The summed E-state index contributed by atoms with van der Waals surface area (Å²) in [5.74, 6) is -0.603. The molecule has 1 saturated heterocycles. The van der Waals surface area contributed by atoms with Gasteiger partial charge in [0.05, 0.1) is 13.7 Å². The quantitative estimate of drug-likeness (QED) is 0.234. The molecular formula is C25H29FN3O9PS. The fourth-order valence-corrected chi connectivity index (χ4v) is 6.60. The second-order valence-electron chi connectivity index (χ2n) is 9.36. The van der Waals surface area contributed by atoms with Gasteiger partial charge in [-0.25, -0.2) is 13.8 Å². The van der Waals surface area contributed by atoms with Crippen molar-refractivity contribution >= 4 is 25.1 Å². The van der Waals surface area contributed by atoms with Crippen molar-refractivity contribution in [1.82, 2.24) is 14.6 Å². The van der Waals surface area contributed by atoms with Crippen molar-refractivity contribution in [2.24, 2.45) is 0 Å². The molecule has 3 N–H and O–H groups in total. The Kier molecular flexibility index (Phi) is 8.78. The number of aliphatic hydroxyl groups excluding tert-OH is 1. The van der Waals surface area contributed by atoms with E-state index in [1.54, 1.807) is 35.6 Å². The summed E-state index contributed by atoms with van der Waals surface area (Å²) in [6.45, 7) is 3.73. The fourth-order valence-electron chi connectivity index (χ4n) is 4.17. The Hall–Kier alpha value is -3.13. The number of aryl methyl sites for hydroxylation is 1. The van der Waals surface area contributed by atoms with E-state index < -0.39 is 61.7 Å². The number of benzene rings is 1. The number of halogens is 1. The van der Waals surface area contributed by atoms with Crippen LogP contribution in [0.15, 0.2) is 57.6 Å². The van der Waals surface area contributed by atoms with Gasteiger partial charge in [0.1, 0.15) is 24.0 Å². The molecule has 1 fully saturated rings. The zero-order valence-electron chi connectivity index (χ0n) is 22.0. The number of aromatic nitrogens is 2. The number of carbonyl (C=O) groups excluding carboxylic acids is 1. The van der Waals surface area contributed by atoms with Gasteiger partial charge in [0.2, 0.25) is 0 Å². The Morgan fingerprint density at radius 1 is 1.30 bits per heavy atom. The maximum Gasteiger partial charge on any atom is 0.459 e. The molecule has 6 atom stereocenters. The van der Waals surface area contributed by atoms with Gasteiger partial charge in [-0.1, -0.05) is 0 Å². The maximum atomic E-state index is 15.5. The fraction of sp³-hybridized carbons (Fsp3) is 0.400. The molecule has 0 aliphatic carbocycles. The number of methoxy groups -OCH3 is 1. The summed E-state index contributed by atoms with van der Waals surface area (Å²) in [6.07, 6.45) is -3.82. The first-order valence-electron chi connectivity index (χ1n) is 12.1. The molecule has 1 aromatic carbocycles. The Morgan fingerprint density at radius 3 is 2.60 bits per heavy atom. The second-order valence-corrected chi connectivity index (χ2v) is 12.0. The Balaban J connectivity index is 1.54. The molecule has 2 unspecified atom stereocenters. The summed E-state index contributed by atoms with van der Waals surface area (Å²) < 4.78 is 51.5. The number of ether oxygens (including phenoxy) is 2. The van der Waals surface area contributed by atoms with Gasteiger partial charge in [-0.2, -0.15) is 5.09 Å². The molecule has 0 amide bonds. The summed E-state index contributed by atoms with van der Waals surface area (Å²) in [6, 6.07) is 8.56. The minimum atomic E-state index is -4.36. The zero-order chi connectivity index (χ0) is 29.2. The lowest BCUT2D eigenvalue weighted by Gasteiger charge is -2.25. The molecule has 1 aliphatic rings. The number of esters is 1. The first-order valence-corrected chi connectivity index (χ1v) is 14.5. The third-order valence-electron chi connectivity index (χ3n) is 6.34. The summed E-state index contributed by atoms with van der Waals surface area (Å²) in [5, 5.41) is 15.1. The van der Waals surface area contributed by atoms with Gasteiger partial charge in [0, 0.05) is 17.1 Å². The van der Waals surface area contributed by atoms with Crippen molar-refractivity contribution in [1.29, 1.82) is 0 Å². The SMILES string of the molecule is COC(=O)[C@H](C)NP(=O)(OCC1O[C@@H](n2ccc(=O)[nH]c2=O)[C@](C)(F)[C@@H]1O)Oc1ccc(-c2sccc2C)cc1. The molecule has 15 heteroatoms. The van der Waals surface area contributed by atoms with Crippen LogP contribution < -0.4 is 20.9 Å². The summed E-state index contributed by atoms with van der Waals surface area (Å²) in [5.41, 5.74) is -2.12. The lowest BCUT2D eigenvalue weighted by Crippen LogP contribution is -2.43. The number of aliphatic hydroxyl groups is 1. The van der Waals surface area contributed by atoms with Gasteiger partial charge in [-0.15, -0.1) is 11.3 Å². The van der Waals surface area contributed by atoms with E-state index in [1.807, 2.05) is 23.4 Å². The molecule has 0 bridgehead atoms. The van der Waals surface area contributed by atoms with Crippen molar-refractivity contribution in [2.75, 3.05) is 13.7 Å². The van der Waals surface area contributed by atoms with Crippen LogP contribution in [0.3, 0.4) is 0 Å². The minimum absolute atomic E-state index is 0.145. The van der Waals surface area contributed by atoms with Crippen molar-refractivity contribution in [3.8, 4) is 16.2 Å². The van der Waals surface area contributed by atoms with E-state index in [4.69, 9.17) is 13.8 Å². The highest BCUT2D eigenvalue weighted by Gasteiger charge is 2.55. The van der Waals surface area contributed by atoms with Gasteiger partial charge in [-0.3, -0.25) is 23.7 Å². The number of nitrogens with one attached hydrogen (secondary N) is 2. The van der Waals surface area contributed by atoms with Gasteiger partial charge in [-0.05, 0) is 67.6 Å². The largest absolute Gasteiger partial charge is 0.468 e. The zero-order valence-corrected chi connectivity index (χ0v) is 23.7. The number of H-pyrrole nitrogens is 1. The third kappa shape index (κ3) is 6.27. The van der Waals surface area contributed by atoms with E-state index in [2.05, 4.69) is 9.82 Å². The molecule has 0 spiro atoms. The number of nitrogens with zero attached hydrogens (tertiary/aromatic N) is 1. The smallest absolute Gasteiger partial charge is 0.459 e. The first-order chi connectivity index (χ1) is 18.8. The minimum Gasteiger partial charge on any atom is -0.468 e. The van der Waals surface area contributed by atoms with Crippen LogP contribution in [0.1, 0.15) is 25.6 Å². The molecule has 3 aromatic rings. The average molecular weight is 598 g/mol. The van der Waals surface area contributed by atoms with Crippen LogP contribution in [0.25, 0.3) is 10.4 Å². The topological polar surface area (TPSA) is 158 Å². The van der Waals surface area contributed by atoms with Crippen LogP contribution in [-0.4, -0.2) is 58.3 Å². The average Bonchev–Trinajstić information content (AvgIpc) is 3.43. The van der Waals surface area contributed by atoms with Crippen LogP contribution in [0.2, 0.25) is 0 Å². The number of thiophene rings is 1. The number of hydrogen-bond donors (Lipinski definition) is 3. The molecular weight excluding hydrogens is 568 g/mol. The van der Waals surface area contributed by atoms with Gasteiger partial charge >= 0.3 is 19.4 Å². The van der Waals surface area contributed by atoms with Crippen molar-refractivity contribution in [3.05, 3.63) is 74.4 Å². The lowest BCUT2D eigenvalue weighted by molar-refractivity contribution is -0.142. The van der Waals surface area contributed by atoms with Crippen LogP contribution in [0, 0.1) is 6.92 Å². The highest BCUT2D eigenvalue weighted by Crippen LogP contribution is 2.48. The standard InChI is InChI=1S/C25H29FN3O9PS/c1-14-10-12-40-20(14)16-5-7-17(8-6-16)38-39(34,28-15(2)22(32)35-4)36-13-18-21(31)25(3,26)23(37-18)29-11-9-19(30)27-24(29)33/h5-12,15,18,21,23,31H,13H2,1-4H3,(H,28,34)(H,27,30,33)/t15-,18?,21+,23+,25+,39?/m0/s1. The Morgan fingerprint density at radius 2 is 2.00 bits per heavy atom. The van der Waals surface area contributed by atoms with Gasteiger partial charge in [0.25, 0.3) is 5.56 Å². The maximum absolute atomic E-state index is 15.5. The monoisotopic (exact) mass is 597 g/mol. The van der Waals surface area contributed by atoms with Crippen LogP contribution in [0.4, 0.5) is 4.39 Å². The van der Waals surface area contributed by atoms with E-state index in [1.165, 1.54) is 6.92 Å². The van der Waals surface area contributed by atoms with E-state index in [9.17, 15) is 24.1 Å². The van der Waals surface area contributed by atoms with E-state index >= 15 is 4.39 Å². The predicted molar refractivity (Wildman–Crippen MR) is 144 cm³/mol. The van der Waals surface area contributed by atoms with Crippen molar-refractivity contribution in [2.45, 2.75) is 50.9 Å². The third-order valence-corrected chi connectivity index (χ3v) is 9.05. The van der Waals surface area contributed by atoms with Crippen LogP contribution in [-0.2, 0) is 23.4 Å². The number of rotatable bonds is 10. The molecule has 2 aromatic heterocycles. The number of alkyl halides is 1. The summed E-state index contributed by atoms with van der Waals surface area (Å²) >= 11 is 1.57. The molecule has 1 aliphatic heterocycles. The second kappa shape index (κ2) is 11.8. The Labute approximate surface area is 232 Å². The number of hydrogen-bond acceptors (Lipinski definition) is 10. The first kappa shape index (κ1) is 29.8. The van der Waals surface area contributed by atoms with Crippen LogP contribution in [0.5, 0.6) is 5.75 Å². The summed E-state index contributed by atoms with van der Waals surface area (Å²) in [4.78, 5) is 38.7. The highest BCUT2D eigenvalue weighted by atomic mass is 32.1. The molecule has 12 nitrogen and oxygen atoms in total. The van der Waals surface area contributed by atoms with Crippen molar-refractivity contribution in [3.63, 3.8) is 0 Å². The molecule has 0 saturated carbocycles. The molecule has 0 radical (unpaired) electrons. The number of aromatic amines is 1. The van der Waals surface area contributed by atoms with Gasteiger partial charge < -0.3 is 19.1 Å². The van der Waals surface area contributed by atoms with E-state index in [0.29, 0.717) is 0 Å². The highest BCUT2D eigenvalue weighted by molar-refractivity contribution is 7.52. The molecule has 216 valence electrons. The van der Waals surface area contributed by atoms with Gasteiger partial charge in [0.15, 0.2) is 11.9 Å². The van der Waals surface area contributed by atoms with E-state index in [-0.39, 0.29) is 5.75 Å². The lowest BCUT2D eigenvalue weighted by atomic mass is 9.98. The van der Waals surface area contributed by atoms with Crippen LogP contribution >= 0.6 is 19.1 Å². The molecule has 3 heterocycles. The normalized spacial score (nSPS) is 24.8. The molecule has 4 rings (SSSR count). The number of carbonyl (C=O) groups is 1. The van der Waals surface area contributed by atoms with E-state index in [0.717, 1.165) is 46.9 Å². The Bertz CT molecular complexity index is 1520. The van der Waals surface area contributed by atoms with Crippen molar-refractivity contribution < 1.29 is 37.4 Å².